The van der Waals surface area contributed by atoms with Crippen molar-refractivity contribution in [2.75, 3.05) is 5.32 Å². The van der Waals surface area contributed by atoms with Gasteiger partial charge in [0.25, 0.3) is 0 Å². The molecule has 2 amide bonds. The highest BCUT2D eigenvalue weighted by Gasteiger charge is 2.33. The van der Waals surface area contributed by atoms with Crippen molar-refractivity contribution < 1.29 is 4.79 Å². The van der Waals surface area contributed by atoms with Crippen LogP contribution in [0.15, 0.2) is 9.98 Å². The number of carbonyl (C=O) groups is 1. The summed E-state index contributed by atoms with van der Waals surface area (Å²) in [6.45, 7) is 2.33. The number of aromatic nitrogens is 1. The van der Waals surface area contributed by atoms with Gasteiger partial charge >= 0.3 is 6.03 Å². The zero-order valence-electron chi connectivity index (χ0n) is 13.8. The average Bonchev–Trinajstić information content (AvgIpc) is 2.95. The molecule has 0 radical (unpaired) electrons. The van der Waals surface area contributed by atoms with Crippen LogP contribution in [-0.2, 0) is 0 Å². The lowest BCUT2D eigenvalue weighted by Crippen LogP contribution is -2.51. The Morgan fingerprint density at radius 3 is 2.43 bits per heavy atom. The van der Waals surface area contributed by atoms with Gasteiger partial charge in [-0.3, -0.25) is 5.32 Å². The Hall–Kier alpha value is -0.620. The minimum absolute atomic E-state index is 0.0540. The molecule has 0 spiro atoms. The second kappa shape index (κ2) is 7.97. The van der Waals surface area contributed by atoms with E-state index >= 15 is 0 Å². The first-order chi connectivity index (χ1) is 11.1. The van der Waals surface area contributed by atoms with E-state index in [1.54, 1.807) is 6.20 Å². The molecule has 0 aromatic carbocycles. The summed E-state index contributed by atoms with van der Waals surface area (Å²) < 4.78 is 0.948. The van der Waals surface area contributed by atoms with E-state index in [4.69, 9.17) is 0 Å². The van der Waals surface area contributed by atoms with Crippen LogP contribution in [0.3, 0.4) is 0 Å². The Balaban J connectivity index is 1.71. The number of anilines is 1. The number of hydrogen-bond donors (Lipinski definition) is 1. The van der Waals surface area contributed by atoms with Gasteiger partial charge in [-0.15, -0.1) is 0 Å². The summed E-state index contributed by atoms with van der Waals surface area (Å²) in [5.41, 5.74) is 0. The normalized spacial score (nSPS) is 26.0. The average molecular weight is 400 g/mol. The standard InChI is InChI=1S/C17H26BrN3OS/c1-12-7-9-14(10-8-12)21(13-5-3-2-4-6-13)17(22)20-16-19-11-15(18)23-16/h11-14H,2-10H2,1H3,(H,19,20,22)/t12-,14-. The van der Waals surface area contributed by atoms with Crippen molar-refractivity contribution in [3.05, 3.63) is 9.98 Å². The predicted molar refractivity (Wildman–Crippen MR) is 99.0 cm³/mol. The maximum absolute atomic E-state index is 13.0. The maximum atomic E-state index is 13.0. The molecule has 23 heavy (non-hydrogen) atoms. The van der Waals surface area contributed by atoms with Crippen LogP contribution < -0.4 is 5.32 Å². The van der Waals surface area contributed by atoms with Gasteiger partial charge in [-0.1, -0.05) is 37.5 Å². The van der Waals surface area contributed by atoms with Crippen LogP contribution in [0, 0.1) is 5.92 Å². The number of carbonyl (C=O) groups excluding carboxylic acids is 1. The fourth-order valence-electron chi connectivity index (χ4n) is 3.98. The number of nitrogens with zero attached hydrogens (tertiary/aromatic N) is 2. The lowest BCUT2D eigenvalue weighted by molar-refractivity contribution is 0.105. The van der Waals surface area contributed by atoms with Gasteiger partial charge in [0, 0.05) is 12.1 Å². The second-order valence-corrected chi connectivity index (χ2v) is 9.42. The van der Waals surface area contributed by atoms with Crippen molar-refractivity contribution in [3.8, 4) is 0 Å². The quantitative estimate of drug-likeness (QED) is 0.713. The molecule has 1 aromatic heterocycles. The SMILES string of the molecule is C[C@H]1CC[C@H](N(C(=O)Nc2ncc(Br)s2)C2CCCCC2)CC1. The van der Waals surface area contributed by atoms with E-state index in [-0.39, 0.29) is 6.03 Å². The van der Waals surface area contributed by atoms with Crippen molar-refractivity contribution in [1.29, 1.82) is 0 Å². The lowest BCUT2D eigenvalue weighted by atomic mass is 9.84. The largest absolute Gasteiger partial charge is 0.324 e. The van der Waals surface area contributed by atoms with Gasteiger partial charge in [0.15, 0.2) is 5.13 Å². The fourth-order valence-corrected chi connectivity index (χ4v) is 5.07. The molecule has 3 rings (SSSR count). The molecule has 1 N–H and O–H groups in total. The second-order valence-electron chi connectivity index (χ2n) is 7.01. The summed E-state index contributed by atoms with van der Waals surface area (Å²) in [5.74, 6) is 0.803. The zero-order valence-corrected chi connectivity index (χ0v) is 16.2. The van der Waals surface area contributed by atoms with Crippen molar-refractivity contribution in [1.82, 2.24) is 9.88 Å². The van der Waals surface area contributed by atoms with Crippen LogP contribution in [0.25, 0.3) is 0 Å². The molecule has 0 unspecified atom stereocenters. The van der Waals surface area contributed by atoms with Gasteiger partial charge in [-0.25, -0.2) is 9.78 Å². The highest BCUT2D eigenvalue weighted by Crippen LogP contribution is 2.33. The molecule has 0 saturated heterocycles. The molecule has 128 valence electrons. The summed E-state index contributed by atoms with van der Waals surface area (Å²) in [6, 6.07) is 0.863. The van der Waals surface area contributed by atoms with Crippen molar-refractivity contribution >= 4 is 38.4 Å². The molecule has 6 heteroatoms. The smallest absolute Gasteiger partial charge is 0.319 e. The molecule has 0 bridgehead atoms. The summed E-state index contributed by atoms with van der Waals surface area (Å²) in [6.07, 6.45) is 12.6. The van der Waals surface area contributed by atoms with Gasteiger partial charge in [0.2, 0.25) is 0 Å². The molecule has 1 heterocycles. The summed E-state index contributed by atoms with van der Waals surface area (Å²) in [7, 11) is 0. The summed E-state index contributed by atoms with van der Waals surface area (Å²) >= 11 is 4.88. The number of halogens is 1. The minimum atomic E-state index is 0.0540. The third-order valence-corrected chi connectivity index (χ3v) is 6.66. The number of hydrogen-bond acceptors (Lipinski definition) is 3. The number of nitrogens with one attached hydrogen (secondary N) is 1. The lowest BCUT2D eigenvalue weighted by Gasteiger charge is -2.42. The summed E-state index contributed by atoms with van der Waals surface area (Å²) in [4.78, 5) is 19.4. The number of rotatable bonds is 3. The van der Waals surface area contributed by atoms with E-state index < -0.39 is 0 Å². The molecule has 0 aliphatic heterocycles. The molecule has 0 atom stereocenters. The highest BCUT2D eigenvalue weighted by molar-refractivity contribution is 9.11. The first kappa shape index (κ1) is 17.2. The summed E-state index contributed by atoms with van der Waals surface area (Å²) in [5, 5.41) is 3.72. The third-order valence-electron chi connectivity index (χ3n) is 5.27. The Morgan fingerprint density at radius 1 is 1.17 bits per heavy atom. The monoisotopic (exact) mass is 399 g/mol. The molecule has 1 aromatic rings. The van der Waals surface area contributed by atoms with E-state index in [2.05, 4.69) is 38.1 Å². The number of urea groups is 1. The van der Waals surface area contributed by atoms with Gasteiger partial charge < -0.3 is 4.90 Å². The Bertz CT molecular complexity index is 522. The Labute approximate surface area is 151 Å². The van der Waals surface area contributed by atoms with Crippen LogP contribution in [0.5, 0.6) is 0 Å². The van der Waals surface area contributed by atoms with Crippen molar-refractivity contribution in [3.63, 3.8) is 0 Å². The highest BCUT2D eigenvalue weighted by atomic mass is 79.9. The van der Waals surface area contributed by atoms with E-state index in [0.29, 0.717) is 17.2 Å². The number of amides is 2. The topological polar surface area (TPSA) is 45.2 Å². The van der Waals surface area contributed by atoms with E-state index in [1.165, 1.54) is 43.4 Å². The Kier molecular flexibility index (Phi) is 5.96. The van der Waals surface area contributed by atoms with Crippen molar-refractivity contribution in [2.24, 2.45) is 5.92 Å². The van der Waals surface area contributed by atoms with Gasteiger partial charge in [0.1, 0.15) is 0 Å². The van der Waals surface area contributed by atoms with E-state index in [1.807, 2.05) is 0 Å². The molecule has 2 aliphatic rings. The van der Waals surface area contributed by atoms with Gasteiger partial charge in [-0.2, -0.15) is 0 Å². The van der Waals surface area contributed by atoms with Crippen LogP contribution >= 0.6 is 27.3 Å². The van der Waals surface area contributed by atoms with Crippen LogP contribution in [0.1, 0.15) is 64.7 Å². The molecule has 2 saturated carbocycles. The first-order valence-electron chi connectivity index (χ1n) is 8.84. The molecule has 2 aliphatic carbocycles. The number of thiazole rings is 1. The minimum Gasteiger partial charge on any atom is -0.319 e. The molecule has 2 fully saturated rings. The maximum Gasteiger partial charge on any atom is 0.324 e. The predicted octanol–water partition coefficient (Wildman–Crippen LogP) is 5.65. The molecular formula is C17H26BrN3OS. The van der Waals surface area contributed by atoms with E-state index in [0.717, 1.165) is 35.4 Å². The van der Waals surface area contributed by atoms with Crippen LogP contribution in [-0.4, -0.2) is 28.0 Å². The van der Waals surface area contributed by atoms with Crippen molar-refractivity contribution in [2.45, 2.75) is 76.8 Å². The molecular weight excluding hydrogens is 374 g/mol. The molecule has 4 nitrogen and oxygen atoms in total. The fraction of sp³-hybridized carbons (Fsp3) is 0.765. The van der Waals surface area contributed by atoms with Gasteiger partial charge in [0.05, 0.1) is 9.98 Å². The van der Waals surface area contributed by atoms with Gasteiger partial charge in [-0.05, 0) is 60.4 Å². The first-order valence-corrected chi connectivity index (χ1v) is 10.4. The Morgan fingerprint density at radius 2 is 1.83 bits per heavy atom. The van der Waals surface area contributed by atoms with Crippen LogP contribution in [0.2, 0.25) is 0 Å². The third kappa shape index (κ3) is 4.47. The van der Waals surface area contributed by atoms with E-state index in [9.17, 15) is 4.79 Å². The van der Waals surface area contributed by atoms with Crippen LogP contribution in [0.4, 0.5) is 9.93 Å². The zero-order chi connectivity index (χ0) is 16.2.